The van der Waals surface area contributed by atoms with Crippen LogP contribution in [0.2, 0.25) is 0 Å². The first kappa shape index (κ1) is 57.5. The van der Waals surface area contributed by atoms with Crippen LogP contribution in [-0.2, 0) is 46.6 Å². The van der Waals surface area contributed by atoms with Gasteiger partial charge in [0.2, 0.25) is 0 Å². The van der Waals surface area contributed by atoms with E-state index in [1.54, 1.807) is 12.2 Å². The van der Waals surface area contributed by atoms with Gasteiger partial charge in [-0.1, -0.05) is 126 Å². The van der Waals surface area contributed by atoms with Crippen LogP contribution < -0.4 is 0 Å². The molecule has 16 heteroatoms. The number of ketones is 1. The molecule has 0 heterocycles. The summed E-state index contributed by atoms with van der Waals surface area (Å²) in [6, 6.07) is 0. The van der Waals surface area contributed by atoms with Crippen LogP contribution in [0.4, 0.5) is 0 Å². The van der Waals surface area contributed by atoms with Gasteiger partial charge >= 0.3 is 27.6 Å². The SMILES string of the molecule is CCCCC/C=C\C=C\C(=O)CCCCCCCC(=O)O[C@H](COC(=O)CCCCCC/C=C\C/C=C\C/C=C\CCCCC)COP(=O)(O)OC[C@@H](O)COP(=O)(O)O. The zero-order valence-corrected chi connectivity index (χ0v) is 38.1. The minimum atomic E-state index is -4.88. The third-order valence-electron chi connectivity index (χ3n) is 8.85. The first-order chi connectivity index (χ1) is 28.8. The van der Waals surface area contributed by atoms with Crippen molar-refractivity contribution in [3.63, 3.8) is 0 Å². The standard InChI is InChI=1S/C44H76O14P2/c1-3-5-7-9-11-12-13-14-15-16-17-18-19-20-22-26-30-34-43(47)54-38-42(39-57-60(52,53)56-37-41(46)36-55-59(49,50)51)58-44(48)35-31-27-23-25-29-33-40(45)32-28-24-21-10-8-6-4-2/h11-12,14-15,17-18,21,24,28,32,41-42,46H,3-10,13,16,19-20,22-23,25-27,29-31,33-39H2,1-2H3,(H,52,53)(H2,49,50,51)/b12-11-,15-14-,18-17-,24-21-,32-28+/t41-,42+/m0/s1. The normalized spacial score (nSPS) is 14.5. The number of phosphoric ester groups is 2. The monoisotopic (exact) mass is 890 g/mol. The van der Waals surface area contributed by atoms with E-state index in [0.29, 0.717) is 25.7 Å². The number of ether oxygens (including phenoxy) is 2. The number of allylic oxidation sites excluding steroid dienone is 10. The third-order valence-corrected chi connectivity index (χ3v) is 10.3. The van der Waals surface area contributed by atoms with E-state index in [-0.39, 0.29) is 18.6 Å². The van der Waals surface area contributed by atoms with Crippen molar-refractivity contribution in [2.24, 2.45) is 0 Å². The maximum atomic E-state index is 12.7. The highest BCUT2D eigenvalue weighted by molar-refractivity contribution is 7.47. The number of hydrogen-bond donors (Lipinski definition) is 4. The smallest absolute Gasteiger partial charge is 0.462 e. The van der Waals surface area contributed by atoms with E-state index in [1.165, 1.54) is 32.1 Å². The number of rotatable bonds is 41. The lowest BCUT2D eigenvalue weighted by atomic mass is 10.1. The van der Waals surface area contributed by atoms with Crippen molar-refractivity contribution < 1.29 is 66.3 Å². The molecule has 346 valence electrons. The number of aliphatic hydroxyl groups excluding tert-OH is 1. The van der Waals surface area contributed by atoms with Crippen molar-refractivity contribution >= 4 is 33.4 Å². The summed E-state index contributed by atoms with van der Waals surface area (Å²) in [5.74, 6) is -1.08. The van der Waals surface area contributed by atoms with Gasteiger partial charge in [0.25, 0.3) is 0 Å². The van der Waals surface area contributed by atoms with Gasteiger partial charge in [-0.15, -0.1) is 0 Å². The molecule has 0 aliphatic carbocycles. The highest BCUT2D eigenvalue weighted by atomic mass is 31.2. The fourth-order valence-corrected chi connectivity index (χ4v) is 6.61. The van der Waals surface area contributed by atoms with Gasteiger partial charge in [0.15, 0.2) is 11.9 Å². The number of carbonyl (C=O) groups is 3. The summed E-state index contributed by atoms with van der Waals surface area (Å²) in [4.78, 5) is 64.7. The summed E-state index contributed by atoms with van der Waals surface area (Å²) in [6.07, 6.45) is 37.4. The van der Waals surface area contributed by atoms with Gasteiger partial charge in [-0.05, 0) is 76.7 Å². The Labute approximate surface area is 359 Å². The van der Waals surface area contributed by atoms with E-state index < -0.39 is 66.2 Å². The molecule has 0 aliphatic heterocycles. The van der Waals surface area contributed by atoms with E-state index in [9.17, 15) is 33.5 Å². The van der Waals surface area contributed by atoms with Crippen molar-refractivity contribution in [3.05, 3.63) is 60.8 Å². The Bertz CT molecular complexity index is 1350. The van der Waals surface area contributed by atoms with E-state index in [2.05, 4.69) is 65.4 Å². The van der Waals surface area contributed by atoms with Crippen LogP contribution >= 0.6 is 15.6 Å². The summed E-state index contributed by atoms with van der Waals surface area (Å²) in [6.45, 7) is 1.51. The highest BCUT2D eigenvalue weighted by Crippen LogP contribution is 2.43. The summed E-state index contributed by atoms with van der Waals surface area (Å²) >= 11 is 0. The second kappa shape index (κ2) is 39.3. The molecule has 1 unspecified atom stereocenters. The molecule has 0 aromatic carbocycles. The lowest BCUT2D eigenvalue weighted by Gasteiger charge is -2.20. The average molecular weight is 891 g/mol. The van der Waals surface area contributed by atoms with E-state index in [1.807, 2.05) is 6.08 Å². The Morgan fingerprint density at radius 1 is 0.533 bits per heavy atom. The number of unbranched alkanes of at least 4 members (excludes halogenated alkanes) is 14. The lowest BCUT2D eigenvalue weighted by Crippen LogP contribution is -2.30. The predicted molar refractivity (Wildman–Crippen MR) is 235 cm³/mol. The Balaban J connectivity index is 4.65. The molecule has 4 N–H and O–H groups in total. The van der Waals surface area contributed by atoms with E-state index in [0.717, 1.165) is 77.0 Å². The summed E-state index contributed by atoms with van der Waals surface area (Å²) in [5, 5.41) is 9.74. The van der Waals surface area contributed by atoms with Gasteiger partial charge in [0.05, 0.1) is 19.8 Å². The van der Waals surface area contributed by atoms with Crippen molar-refractivity contribution in [3.8, 4) is 0 Å². The topological polar surface area (TPSA) is 212 Å². The minimum Gasteiger partial charge on any atom is -0.462 e. The van der Waals surface area contributed by atoms with Crippen molar-refractivity contribution in [2.45, 2.75) is 174 Å². The molecule has 0 saturated heterocycles. The molecule has 0 bridgehead atoms. The molecular formula is C44H76O14P2. The molecule has 0 saturated carbocycles. The average Bonchev–Trinajstić information content (AvgIpc) is 3.20. The van der Waals surface area contributed by atoms with Crippen molar-refractivity contribution in [2.75, 3.05) is 26.4 Å². The van der Waals surface area contributed by atoms with Crippen LogP contribution in [0.1, 0.15) is 162 Å². The molecule has 3 atom stereocenters. The zero-order valence-electron chi connectivity index (χ0n) is 36.3. The Hall–Kier alpha value is -2.51. The zero-order chi connectivity index (χ0) is 44.6. The van der Waals surface area contributed by atoms with Crippen LogP contribution in [0.3, 0.4) is 0 Å². The van der Waals surface area contributed by atoms with Gasteiger partial charge in [0.1, 0.15) is 12.7 Å². The Morgan fingerprint density at radius 2 is 1.02 bits per heavy atom. The van der Waals surface area contributed by atoms with Crippen LogP contribution in [-0.4, -0.2) is 76.1 Å². The van der Waals surface area contributed by atoms with Crippen LogP contribution in [0, 0.1) is 0 Å². The number of esters is 2. The lowest BCUT2D eigenvalue weighted by molar-refractivity contribution is -0.161. The number of hydrogen-bond acceptors (Lipinski definition) is 11. The second-order valence-electron chi connectivity index (χ2n) is 14.6. The number of phosphoric acid groups is 2. The van der Waals surface area contributed by atoms with Gasteiger partial charge in [-0.2, -0.15) is 0 Å². The molecule has 0 fully saturated rings. The molecule has 0 rings (SSSR count). The van der Waals surface area contributed by atoms with E-state index in [4.69, 9.17) is 23.8 Å². The highest BCUT2D eigenvalue weighted by Gasteiger charge is 2.28. The molecule has 0 spiro atoms. The molecule has 0 aromatic heterocycles. The fraction of sp³-hybridized carbons (Fsp3) is 0.705. The van der Waals surface area contributed by atoms with Crippen molar-refractivity contribution in [1.82, 2.24) is 0 Å². The molecular weight excluding hydrogens is 814 g/mol. The fourth-order valence-electron chi connectivity index (χ4n) is 5.45. The summed E-state index contributed by atoms with van der Waals surface area (Å²) < 4.78 is 47.7. The molecule has 60 heavy (non-hydrogen) atoms. The first-order valence-corrected chi connectivity index (χ1v) is 25.0. The molecule has 0 aromatic rings. The first-order valence-electron chi connectivity index (χ1n) is 21.9. The molecule has 14 nitrogen and oxygen atoms in total. The van der Waals surface area contributed by atoms with E-state index >= 15 is 0 Å². The van der Waals surface area contributed by atoms with Gasteiger partial charge in [0, 0.05) is 19.3 Å². The summed E-state index contributed by atoms with van der Waals surface area (Å²) in [7, 11) is -9.73. The van der Waals surface area contributed by atoms with Gasteiger partial charge in [-0.25, -0.2) is 9.13 Å². The van der Waals surface area contributed by atoms with Crippen LogP contribution in [0.15, 0.2) is 60.8 Å². The van der Waals surface area contributed by atoms with Gasteiger partial charge < -0.3 is 29.3 Å². The minimum absolute atomic E-state index is 0.0402. The third kappa shape index (κ3) is 42.2. The molecule has 0 aliphatic rings. The maximum Gasteiger partial charge on any atom is 0.472 e. The van der Waals surface area contributed by atoms with Crippen LogP contribution in [0.25, 0.3) is 0 Å². The number of aliphatic hydroxyl groups is 1. The quantitative estimate of drug-likeness (QED) is 0.0112. The molecule has 0 radical (unpaired) electrons. The summed E-state index contributed by atoms with van der Waals surface area (Å²) in [5.41, 5.74) is 0. The second-order valence-corrected chi connectivity index (χ2v) is 17.3. The maximum absolute atomic E-state index is 12.7. The van der Waals surface area contributed by atoms with Crippen molar-refractivity contribution in [1.29, 1.82) is 0 Å². The predicted octanol–water partition coefficient (Wildman–Crippen LogP) is 10.4. The molecule has 0 amide bonds. The largest absolute Gasteiger partial charge is 0.472 e. The Kier molecular flexibility index (Phi) is 37.7. The van der Waals surface area contributed by atoms with Crippen LogP contribution in [0.5, 0.6) is 0 Å². The Morgan fingerprint density at radius 3 is 1.62 bits per heavy atom. The number of carbonyl (C=O) groups excluding carboxylic acids is 3. The van der Waals surface area contributed by atoms with Gasteiger partial charge in [-0.3, -0.25) is 28.0 Å².